The van der Waals surface area contributed by atoms with E-state index in [9.17, 15) is 33.1 Å². The molecule has 4 N–H and O–H groups in total. The van der Waals surface area contributed by atoms with Crippen LogP contribution >= 0.6 is 0 Å². The topological polar surface area (TPSA) is 178 Å². The number of rotatable bonds is 41. The molecule has 1 aliphatic heterocycles. The van der Waals surface area contributed by atoms with Crippen LogP contribution in [-0.2, 0) is 38.3 Å². The molecule has 13 heteroatoms. The number of esters is 1. The highest BCUT2D eigenvalue weighted by molar-refractivity contribution is 7.80. The summed E-state index contributed by atoms with van der Waals surface area (Å²) < 4.78 is 59.1. The fraction of sp³-hybridized carbons (Fsp3) is 0.776. The number of carbonyl (C=O) groups is 1. The van der Waals surface area contributed by atoms with Crippen molar-refractivity contribution in [1.29, 1.82) is 0 Å². The Morgan fingerprint density at radius 2 is 1.11 bits per heavy atom. The number of aliphatic hydroxyl groups is 3. The molecular formula is C49H86O12S. The van der Waals surface area contributed by atoms with E-state index in [2.05, 4.69) is 78.8 Å². The smallest absolute Gasteiger partial charge is 0.397 e. The predicted octanol–water partition coefficient (Wildman–Crippen LogP) is 10.5. The first-order valence-corrected chi connectivity index (χ1v) is 25.4. The SMILES string of the molecule is CC/C=C\C/C=C\C/C=C\C/C=C\CCCCCCC(=O)OC(COCCCCCCCCCC/C=C\CCCCCCCC)COC1OC(CO)C(O)C(OS(=O)(=O)O)C1O. The first kappa shape index (κ1) is 57.8. The van der Waals surface area contributed by atoms with Gasteiger partial charge >= 0.3 is 16.4 Å². The molecule has 0 aliphatic carbocycles. The lowest BCUT2D eigenvalue weighted by atomic mass is 9.99. The van der Waals surface area contributed by atoms with Gasteiger partial charge in [0.25, 0.3) is 0 Å². The molecule has 62 heavy (non-hydrogen) atoms. The molecule has 1 saturated heterocycles. The normalized spacial score (nSPS) is 20.5. The monoisotopic (exact) mass is 899 g/mol. The lowest BCUT2D eigenvalue weighted by molar-refractivity contribution is -0.301. The lowest BCUT2D eigenvalue weighted by Crippen LogP contribution is -2.60. The van der Waals surface area contributed by atoms with Crippen LogP contribution in [0.5, 0.6) is 0 Å². The Labute approximate surface area is 376 Å². The minimum absolute atomic E-state index is 0.0217. The molecule has 0 amide bonds. The lowest BCUT2D eigenvalue weighted by Gasteiger charge is -2.41. The van der Waals surface area contributed by atoms with Crippen molar-refractivity contribution in [1.82, 2.24) is 0 Å². The Balaban J connectivity index is 2.42. The second-order valence-corrected chi connectivity index (χ2v) is 17.4. The number of hydrogen-bond acceptors (Lipinski definition) is 11. The maximum Gasteiger partial charge on any atom is 0.397 e. The van der Waals surface area contributed by atoms with Crippen molar-refractivity contribution in [3.05, 3.63) is 60.8 Å². The van der Waals surface area contributed by atoms with Crippen LogP contribution in [0.15, 0.2) is 60.8 Å². The summed E-state index contributed by atoms with van der Waals surface area (Å²) in [4.78, 5) is 12.9. The van der Waals surface area contributed by atoms with Crippen LogP contribution in [0.3, 0.4) is 0 Å². The van der Waals surface area contributed by atoms with Gasteiger partial charge in [0, 0.05) is 13.0 Å². The Hall–Kier alpha value is -2.20. The minimum Gasteiger partial charge on any atom is -0.457 e. The van der Waals surface area contributed by atoms with E-state index in [0.717, 1.165) is 70.6 Å². The van der Waals surface area contributed by atoms with E-state index in [0.29, 0.717) is 13.0 Å². The van der Waals surface area contributed by atoms with Crippen LogP contribution in [0.4, 0.5) is 0 Å². The summed E-state index contributed by atoms with van der Waals surface area (Å²) in [6.45, 7) is 3.83. The average Bonchev–Trinajstić information content (AvgIpc) is 3.24. The largest absolute Gasteiger partial charge is 0.457 e. The molecule has 0 aromatic rings. The van der Waals surface area contributed by atoms with Crippen LogP contribution in [0.1, 0.15) is 181 Å². The van der Waals surface area contributed by atoms with Crippen molar-refractivity contribution in [2.75, 3.05) is 26.4 Å². The molecule has 6 atom stereocenters. The summed E-state index contributed by atoms with van der Waals surface area (Å²) in [5.74, 6) is -0.424. The fourth-order valence-electron chi connectivity index (χ4n) is 7.01. The molecule has 0 spiro atoms. The van der Waals surface area contributed by atoms with Crippen molar-refractivity contribution >= 4 is 16.4 Å². The van der Waals surface area contributed by atoms with Gasteiger partial charge in [-0.2, -0.15) is 8.42 Å². The molecule has 0 aromatic heterocycles. The Kier molecular flexibility index (Phi) is 37.6. The van der Waals surface area contributed by atoms with Gasteiger partial charge in [0.2, 0.25) is 0 Å². The van der Waals surface area contributed by atoms with Gasteiger partial charge < -0.3 is 34.3 Å². The Morgan fingerprint density at radius 1 is 0.629 bits per heavy atom. The van der Waals surface area contributed by atoms with E-state index in [1.165, 1.54) is 83.5 Å². The minimum atomic E-state index is -5.07. The Bertz CT molecular complexity index is 1310. The van der Waals surface area contributed by atoms with E-state index in [-0.39, 0.29) is 19.6 Å². The molecular weight excluding hydrogens is 813 g/mol. The number of carbonyl (C=O) groups excluding carboxylic acids is 1. The summed E-state index contributed by atoms with van der Waals surface area (Å²) in [5, 5.41) is 30.7. The first-order valence-electron chi connectivity index (χ1n) is 24.0. The molecule has 0 radical (unpaired) electrons. The molecule has 1 aliphatic rings. The summed E-state index contributed by atoms with van der Waals surface area (Å²) in [5.41, 5.74) is 0. The van der Waals surface area contributed by atoms with Crippen LogP contribution in [0, 0.1) is 0 Å². The van der Waals surface area contributed by atoms with E-state index in [1.807, 2.05) is 0 Å². The first-order chi connectivity index (χ1) is 30.1. The summed E-state index contributed by atoms with van der Waals surface area (Å²) in [7, 11) is -5.07. The van der Waals surface area contributed by atoms with Gasteiger partial charge in [-0.25, -0.2) is 4.18 Å². The highest BCUT2D eigenvalue weighted by atomic mass is 32.3. The van der Waals surface area contributed by atoms with Gasteiger partial charge in [-0.05, 0) is 77.0 Å². The zero-order valence-corrected chi connectivity index (χ0v) is 39.2. The second kappa shape index (κ2) is 40.3. The summed E-state index contributed by atoms with van der Waals surface area (Å²) in [6, 6.07) is 0. The van der Waals surface area contributed by atoms with Crippen LogP contribution in [0.25, 0.3) is 0 Å². The average molecular weight is 899 g/mol. The maximum absolute atomic E-state index is 12.9. The molecule has 0 aromatic carbocycles. The molecule has 6 unspecified atom stereocenters. The maximum atomic E-state index is 12.9. The van der Waals surface area contributed by atoms with Crippen molar-refractivity contribution in [2.45, 2.75) is 218 Å². The number of unbranched alkanes of at least 4 members (excludes halogenated alkanes) is 18. The molecule has 12 nitrogen and oxygen atoms in total. The van der Waals surface area contributed by atoms with Crippen molar-refractivity contribution in [2.24, 2.45) is 0 Å². The molecule has 1 fully saturated rings. The highest BCUT2D eigenvalue weighted by Gasteiger charge is 2.48. The second-order valence-electron chi connectivity index (χ2n) is 16.3. The van der Waals surface area contributed by atoms with Crippen molar-refractivity contribution in [3.8, 4) is 0 Å². The van der Waals surface area contributed by atoms with Crippen molar-refractivity contribution in [3.63, 3.8) is 0 Å². The molecule has 1 rings (SSSR count). The summed E-state index contributed by atoms with van der Waals surface area (Å²) >= 11 is 0. The number of aliphatic hydroxyl groups excluding tert-OH is 3. The number of allylic oxidation sites excluding steroid dienone is 10. The fourth-order valence-corrected chi connectivity index (χ4v) is 7.52. The molecule has 1 heterocycles. The van der Waals surface area contributed by atoms with Gasteiger partial charge in [-0.1, -0.05) is 158 Å². The van der Waals surface area contributed by atoms with Gasteiger partial charge in [-0.15, -0.1) is 0 Å². The van der Waals surface area contributed by atoms with Crippen LogP contribution < -0.4 is 0 Å². The van der Waals surface area contributed by atoms with Crippen molar-refractivity contribution < 1.29 is 56.2 Å². The van der Waals surface area contributed by atoms with E-state index >= 15 is 0 Å². The zero-order chi connectivity index (χ0) is 45.4. The van der Waals surface area contributed by atoms with Gasteiger partial charge in [0.05, 0.1) is 19.8 Å². The standard InChI is InChI=1S/C49H86O12S/c1-3-5-7-9-11-13-15-17-19-21-23-25-27-29-31-33-35-37-39-57-41-43(42-58-49-47(53)48(61-62(54,55)56)46(52)44(40-50)60-49)59-45(51)38-36-34-32-30-28-26-24-22-20-18-16-14-12-10-8-6-4-2/h6,8,12,14,17-20,24,26,43-44,46-50,52-53H,3-5,7,9-11,13,15-16,21-23,25,27-42H2,1-2H3,(H,54,55,56)/b8-6-,14-12-,19-17-,20-18-,26-24-. The Morgan fingerprint density at radius 3 is 1.65 bits per heavy atom. The predicted molar refractivity (Wildman–Crippen MR) is 248 cm³/mol. The zero-order valence-electron chi connectivity index (χ0n) is 38.4. The third-order valence-corrected chi connectivity index (χ3v) is 11.1. The van der Waals surface area contributed by atoms with E-state index in [1.54, 1.807) is 0 Å². The highest BCUT2D eigenvalue weighted by Crippen LogP contribution is 2.26. The molecule has 0 saturated carbocycles. The number of hydrogen-bond donors (Lipinski definition) is 4. The van der Waals surface area contributed by atoms with Gasteiger partial charge in [-0.3, -0.25) is 9.35 Å². The van der Waals surface area contributed by atoms with E-state index < -0.39 is 59.8 Å². The number of ether oxygens (including phenoxy) is 4. The van der Waals surface area contributed by atoms with Gasteiger partial charge in [0.15, 0.2) is 6.29 Å². The van der Waals surface area contributed by atoms with E-state index in [4.69, 9.17) is 18.9 Å². The van der Waals surface area contributed by atoms with Gasteiger partial charge in [0.1, 0.15) is 30.5 Å². The van der Waals surface area contributed by atoms with Crippen LogP contribution in [-0.4, -0.2) is 97.5 Å². The molecule has 360 valence electrons. The molecule has 0 bridgehead atoms. The third-order valence-electron chi connectivity index (χ3n) is 10.6. The summed E-state index contributed by atoms with van der Waals surface area (Å²) in [6.07, 6.45) is 41.1. The third kappa shape index (κ3) is 33.3. The van der Waals surface area contributed by atoms with Crippen LogP contribution in [0.2, 0.25) is 0 Å². The quantitative estimate of drug-likeness (QED) is 0.0198.